The molecule has 3 aromatic carbocycles. The fraction of sp³-hybridized carbons (Fsp3) is 0.310. The highest BCUT2D eigenvalue weighted by molar-refractivity contribution is 6.30. The molecule has 0 aliphatic carbocycles. The molecule has 0 unspecified atom stereocenters. The van der Waals surface area contributed by atoms with E-state index >= 15 is 0 Å². The zero-order valence-corrected chi connectivity index (χ0v) is 19.7. The molecule has 0 spiro atoms. The van der Waals surface area contributed by atoms with Crippen molar-refractivity contribution in [2.45, 2.75) is 32.6 Å². The Bertz CT molecular complexity index is 1000. The summed E-state index contributed by atoms with van der Waals surface area (Å²) in [7, 11) is 0. The molecule has 166 valence electrons. The van der Waals surface area contributed by atoms with Gasteiger partial charge in [0.05, 0.1) is 0 Å². The molecule has 1 saturated heterocycles. The predicted molar refractivity (Wildman–Crippen MR) is 136 cm³/mol. The minimum absolute atomic E-state index is 0.740. The minimum atomic E-state index is 0.740. The lowest BCUT2D eigenvalue weighted by atomic mass is 9.88. The third-order valence-electron chi connectivity index (χ3n) is 6.18. The van der Waals surface area contributed by atoms with Crippen molar-refractivity contribution < 1.29 is 4.74 Å². The van der Waals surface area contributed by atoms with Gasteiger partial charge in [-0.15, -0.1) is 0 Å². The van der Waals surface area contributed by atoms with Gasteiger partial charge in [0.2, 0.25) is 0 Å². The van der Waals surface area contributed by atoms with Gasteiger partial charge in [0.25, 0.3) is 0 Å². The van der Waals surface area contributed by atoms with Gasteiger partial charge >= 0.3 is 0 Å². The first-order valence-corrected chi connectivity index (χ1v) is 12.1. The van der Waals surface area contributed by atoms with E-state index in [9.17, 15) is 0 Å². The van der Waals surface area contributed by atoms with E-state index in [1.165, 1.54) is 60.2 Å². The van der Waals surface area contributed by atoms with Crippen LogP contribution in [0.1, 0.15) is 49.3 Å². The summed E-state index contributed by atoms with van der Waals surface area (Å²) in [5.41, 5.74) is 6.19. The first kappa shape index (κ1) is 22.6. The maximum atomic E-state index is 6.18. The lowest BCUT2D eigenvalue weighted by Gasteiger charge is -2.26. The topological polar surface area (TPSA) is 12.5 Å². The summed E-state index contributed by atoms with van der Waals surface area (Å²) < 4.78 is 6.06. The van der Waals surface area contributed by atoms with Crippen LogP contribution in [0.3, 0.4) is 0 Å². The highest BCUT2D eigenvalue weighted by atomic mass is 35.5. The number of piperidine rings is 1. The zero-order chi connectivity index (χ0) is 22.2. The van der Waals surface area contributed by atoms with Crippen molar-refractivity contribution in [1.29, 1.82) is 0 Å². The van der Waals surface area contributed by atoms with E-state index in [4.69, 9.17) is 16.3 Å². The molecule has 3 aromatic rings. The molecule has 0 aromatic heterocycles. The molecule has 0 N–H and O–H groups in total. The second kappa shape index (κ2) is 11.4. The standard InChI is InChI=1S/C29H32ClNO/c1-2-28(23-9-5-3-6-10-23)29(24-11-15-26(30)16-12-24)25-13-17-27(18-14-25)32-22-21-31-19-7-4-8-20-31/h3,5-6,9-18H,2,4,7-8,19-22H2,1H3/b29-28+. The van der Waals surface area contributed by atoms with Crippen LogP contribution in [0.25, 0.3) is 11.1 Å². The molecule has 1 heterocycles. The third kappa shape index (κ3) is 5.82. The first-order chi connectivity index (χ1) is 15.7. The second-order valence-corrected chi connectivity index (χ2v) is 8.79. The van der Waals surface area contributed by atoms with Crippen LogP contribution in [0.4, 0.5) is 0 Å². The number of hydrogen-bond donors (Lipinski definition) is 0. The van der Waals surface area contributed by atoms with E-state index in [1.54, 1.807) is 0 Å². The molecule has 1 aliphatic heterocycles. The average molecular weight is 446 g/mol. The predicted octanol–water partition coefficient (Wildman–Crippen LogP) is 7.57. The number of likely N-dealkylation sites (tertiary alicyclic amines) is 1. The fourth-order valence-electron chi connectivity index (χ4n) is 4.49. The summed E-state index contributed by atoms with van der Waals surface area (Å²) in [6.07, 6.45) is 4.94. The summed E-state index contributed by atoms with van der Waals surface area (Å²) in [5.74, 6) is 0.930. The highest BCUT2D eigenvalue weighted by Crippen LogP contribution is 2.35. The first-order valence-electron chi connectivity index (χ1n) is 11.7. The van der Waals surface area contributed by atoms with Crippen molar-refractivity contribution in [3.8, 4) is 5.75 Å². The van der Waals surface area contributed by atoms with Crippen LogP contribution < -0.4 is 4.74 Å². The maximum Gasteiger partial charge on any atom is 0.119 e. The molecule has 4 rings (SSSR count). The van der Waals surface area contributed by atoms with Crippen LogP contribution in [0.15, 0.2) is 78.9 Å². The Hall–Kier alpha value is -2.55. The van der Waals surface area contributed by atoms with Gasteiger partial charge < -0.3 is 4.74 Å². The molecular weight excluding hydrogens is 414 g/mol. The van der Waals surface area contributed by atoms with Crippen LogP contribution in [0, 0.1) is 0 Å². The van der Waals surface area contributed by atoms with Gasteiger partial charge in [-0.05, 0) is 84.5 Å². The number of ether oxygens (including phenoxy) is 1. The highest BCUT2D eigenvalue weighted by Gasteiger charge is 2.14. The van der Waals surface area contributed by atoms with Crippen molar-refractivity contribution >= 4 is 22.7 Å². The Morgan fingerprint density at radius 2 is 1.41 bits per heavy atom. The number of hydrogen-bond acceptors (Lipinski definition) is 2. The number of rotatable bonds is 8. The minimum Gasteiger partial charge on any atom is -0.492 e. The van der Waals surface area contributed by atoms with Crippen LogP contribution in [-0.4, -0.2) is 31.1 Å². The third-order valence-corrected chi connectivity index (χ3v) is 6.43. The summed E-state index contributed by atoms with van der Waals surface area (Å²) in [4.78, 5) is 2.51. The number of nitrogens with zero attached hydrogens (tertiary/aromatic N) is 1. The monoisotopic (exact) mass is 445 g/mol. The van der Waals surface area contributed by atoms with Crippen LogP contribution in [0.5, 0.6) is 5.75 Å². The lowest BCUT2D eigenvalue weighted by molar-refractivity contribution is 0.183. The van der Waals surface area contributed by atoms with Gasteiger partial charge in [-0.3, -0.25) is 4.90 Å². The van der Waals surface area contributed by atoms with Crippen LogP contribution in [0.2, 0.25) is 5.02 Å². The number of allylic oxidation sites excluding steroid dienone is 1. The molecule has 1 fully saturated rings. The normalized spacial score (nSPS) is 15.3. The van der Waals surface area contributed by atoms with Crippen molar-refractivity contribution in [2.75, 3.05) is 26.2 Å². The summed E-state index contributed by atoms with van der Waals surface area (Å²) >= 11 is 6.18. The van der Waals surface area contributed by atoms with Gasteiger partial charge in [-0.1, -0.05) is 79.5 Å². The van der Waals surface area contributed by atoms with Gasteiger partial charge in [-0.2, -0.15) is 0 Å². The molecule has 0 atom stereocenters. The van der Waals surface area contributed by atoms with Crippen molar-refractivity contribution in [3.63, 3.8) is 0 Å². The molecule has 32 heavy (non-hydrogen) atoms. The fourth-order valence-corrected chi connectivity index (χ4v) is 4.62. The van der Waals surface area contributed by atoms with Crippen molar-refractivity contribution in [2.24, 2.45) is 0 Å². The van der Waals surface area contributed by atoms with E-state index in [2.05, 4.69) is 78.6 Å². The largest absolute Gasteiger partial charge is 0.492 e. The Kier molecular flexibility index (Phi) is 8.03. The second-order valence-electron chi connectivity index (χ2n) is 8.36. The summed E-state index contributed by atoms with van der Waals surface area (Å²) in [6, 6.07) is 27.3. The van der Waals surface area contributed by atoms with E-state index < -0.39 is 0 Å². The summed E-state index contributed by atoms with van der Waals surface area (Å²) in [5, 5.41) is 0.753. The molecule has 3 heteroatoms. The number of benzene rings is 3. The Labute approximate surface area is 197 Å². The smallest absolute Gasteiger partial charge is 0.119 e. The maximum absolute atomic E-state index is 6.18. The molecule has 2 nitrogen and oxygen atoms in total. The zero-order valence-electron chi connectivity index (χ0n) is 18.9. The molecule has 1 aliphatic rings. The van der Waals surface area contributed by atoms with E-state index in [1.807, 2.05) is 12.1 Å². The molecule has 0 bridgehead atoms. The number of halogens is 1. The average Bonchev–Trinajstić information content (AvgIpc) is 2.85. The van der Waals surface area contributed by atoms with Gasteiger partial charge in [0.15, 0.2) is 0 Å². The SMILES string of the molecule is CC/C(=C(/c1ccc(Cl)cc1)c1ccc(OCCN2CCCCC2)cc1)c1ccccc1. The Morgan fingerprint density at radius 3 is 2.03 bits per heavy atom. The van der Waals surface area contributed by atoms with Gasteiger partial charge in [-0.25, -0.2) is 0 Å². The lowest BCUT2D eigenvalue weighted by Crippen LogP contribution is -2.33. The van der Waals surface area contributed by atoms with E-state index in [0.29, 0.717) is 0 Å². The van der Waals surface area contributed by atoms with Crippen molar-refractivity contribution in [3.05, 3.63) is 101 Å². The van der Waals surface area contributed by atoms with E-state index in [-0.39, 0.29) is 0 Å². The van der Waals surface area contributed by atoms with Gasteiger partial charge in [0, 0.05) is 11.6 Å². The Morgan fingerprint density at radius 1 is 0.781 bits per heavy atom. The van der Waals surface area contributed by atoms with Crippen LogP contribution >= 0.6 is 11.6 Å². The molecule has 0 saturated carbocycles. The van der Waals surface area contributed by atoms with Crippen LogP contribution in [-0.2, 0) is 0 Å². The van der Waals surface area contributed by atoms with E-state index in [0.717, 1.165) is 30.3 Å². The quantitative estimate of drug-likeness (QED) is 0.331. The summed E-state index contributed by atoms with van der Waals surface area (Å²) in [6.45, 7) is 6.37. The van der Waals surface area contributed by atoms with Gasteiger partial charge in [0.1, 0.15) is 12.4 Å². The Balaban J connectivity index is 1.58. The van der Waals surface area contributed by atoms with Crippen molar-refractivity contribution in [1.82, 2.24) is 4.90 Å². The molecule has 0 amide bonds. The molecular formula is C29H32ClNO. The molecule has 0 radical (unpaired) electrons.